The van der Waals surface area contributed by atoms with Gasteiger partial charge in [-0.2, -0.15) is 0 Å². The van der Waals surface area contributed by atoms with Crippen molar-refractivity contribution in [2.45, 2.75) is 26.2 Å². The van der Waals surface area contributed by atoms with Gasteiger partial charge in [-0.25, -0.2) is 8.42 Å². The molecular formula is C23H32N2O6S. The van der Waals surface area contributed by atoms with Gasteiger partial charge in [0.25, 0.3) is 0 Å². The van der Waals surface area contributed by atoms with E-state index in [1.165, 1.54) is 20.3 Å². The van der Waals surface area contributed by atoms with E-state index >= 15 is 0 Å². The first kappa shape index (κ1) is 25.3. The Hall–Kier alpha value is -2.94. The topological polar surface area (TPSA) is 94.2 Å². The number of hydrogen-bond donors (Lipinski definition) is 1. The number of benzene rings is 2. The molecule has 0 aromatic heterocycles. The van der Waals surface area contributed by atoms with Crippen molar-refractivity contribution < 1.29 is 27.4 Å². The molecule has 0 aliphatic carbocycles. The van der Waals surface area contributed by atoms with Crippen molar-refractivity contribution in [3.8, 4) is 17.2 Å². The molecule has 0 radical (unpaired) electrons. The lowest BCUT2D eigenvalue weighted by Crippen LogP contribution is -2.40. The predicted molar refractivity (Wildman–Crippen MR) is 125 cm³/mol. The fourth-order valence-corrected chi connectivity index (χ4v) is 3.98. The van der Waals surface area contributed by atoms with Gasteiger partial charge in [0.1, 0.15) is 12.3 Å². The second-order valence-corrected chi connectivity index (χ2v) is 9.13. The number of sulfonamides is 1. The van der Waals surface area contributed by atoms with Gasteiger partial charge in [0.2, 0.25) is 15.9 Å². The first-order chi connectivity index (χ1) is 15.3. The van der Waals surface area contributed by atoms with Crippen molar-refractivity contribution in [2.75, 3.05) is 44.5 Å². The van der Waals surface area contributed by atoms with Crippen LogP contribution in [-0.4, -0.2) is 54.5 Å². The molecule has 8 nitrogen and oxygen atoms in total. The summed E-state index contributed by atoms with van der Waals surface area (Å²) in [6, 6.07) is 12.5. The predicted octanol–water partition coefficient (Wildman–Crippen LogP) is 3.01. The van der Waals surface area contributed by atoms with Gasteiger partial charge in [-0.1, -0.05) is 25.1 Å². The van der Waals surface area contributed by atoms with Crippen LogP contribution in [0.3, 0.4) is 0 Å². The van der Waals surface area contributed by atoms with Crippen LogP contribution in [0, 0.1) is 0 Å². The molecule has 0 aliphatic heterocycles. The molecule has 0 saturated carbocycles. The Bertz CT molecular complexity index is 994. The largest absolute Gasteiger partial charge is 0.493 e. The summed E-state index contributed by atoms with van der Waals surface area (Å²) in [5.41, 5.74) is 1.40. The number of rotatable bonds is 13. The number of nitrogens with zero attached hydrogens (tertiary/aromatic N) is 1. The molecule has 2 aromatic carbocycles. The fraction of sp³-hybridized carbons (Fsp3) is 0.435. The van der Waals surface area contributed by atoms with E-state index in [0.717, 1.165) is 34.7 Å². The summed E-state index contributed by atoms with van der Waals surface area (Å²) >= 11 is 0. The molecule has 0 unspecified atom stereocenters. The molecule has 2 rings (SSSR count). The Balaban J connectivity index is 1.97. The second kappa shape index (κ2) is 12.2. The maximum Gasteiger partial charge on any atom is 0.240 e. The molecule has 32 heavy (non-hydrogen) atoms. The van der Waals surface area contributed by atoms with Gasteiger partial charge in [-0.05, 0) is 43.0 Å². The number of aryl methyl sites for hydroxylation is 1. The standard InChI is InChI=1S/C23H32N2O6S/c1-5-15-31-20-11-7-6-9-18(20)10-8-14-24-23(26)17-25(32(4,27)28)19-12-13-21(29-2)22(16-19)30-3/h6-7,9,11-13,16H,5,8,10,14-15,17H2,1-4H3,(H,24,26). The normalized spacial score (nSPS) is 11.0. The second-order valence-electron chi connectivity index (χ2n) is 7.22. The van der Waals surface area contributed by atoms with Gasteiger partial charge in [0.05, 0.1) is 32.8 Å². The minimum atomic E-state index is -3.69. The fourth-order valence-electron chi connectivity index (χ4n) is 3.14. The SMILES string of the molecule is CCCOc1ccccc1CCCNC(=O)CN(c1ccc(OC)c(OC)c1)S(C)(=O)=O. The van der Waals surface area contributed by atoms with E-state index in [4.69, 9.17) is 14.2 Å². The minimum Gasteiger partial charge on any atom is -0.493 e. The highest BCUT2D eigenvalue weighted by molar-refractivity contribution is 7.92. The molecule has 0 spiro atoms. The molecular weight excluding hydrogens is 432 g/mol. The average Bonchev–Trinajstić information content (AvgIpc) is 2.78. The Morgan fingerprint density at radius 3 is 2.41 bits per heavy atom. The highest BCUT2D eigenvalue weighted by Crippen LogP contribution is 2.32. The maximum absolute atomic E-state index is 12.5. The number of hydrogen-bond acceptors (Lipinski definition) is 6. The molecule has 0 atom stereocenters. The van der Waals surface area contributed by atoms with E-state index in [1.54, 1.807) is 12.1 Å². The monoisotopic (exact) mass is 464 g/mol. The van der Waals surface area contributed by atoms with Crippen molar-refractivity contribution in [1.29, 1.82) is 0 Å². The summed E-state index contributed by atoms with van der Waals surface area (Å²) in [7, 11) is -0.730. The number of carbonyl (C=O) groups is 1. The third kappa shape index (κ3) is 7.33. The molecule has 0 heterocycles. The van der Waals surface area contributed by atoms with E-state index < -0.39 is 10.0 Å². The van der Waals surface area contributed by atoms with Crippen LogP contribution in [-0.2, 0) is 21.2 Å². The van der Waals surface area contributed by atoms with Crippen LogP contribution < -0.4 is 23.8 Å². The van der Waals surface area contributed by atoms with E-state index in [2.05, 4.69) is 12.2 Å². The molecule has 0 fully saturated rings. The van der Waals surface area contributed by atoms with Crippen molar-refractivity contribution in [3.05, 3.63) is 48.0 Å². The first-order valence-electron chi connectivity index (χ1n) is 10.5. The van der Waals surface area contributed by atoms with Gasteiger partial charge >= 0.3 is 0 Å². The number of nitrogens with one attached hydrogen (secondary N) is 1. The minimum absolute atomic E-state index is 0.322. The summed E-state index contributed by atoms with van der Waals surface area (Å²) in [5, 5.41) is 2.80. The number of ether oxygens (including phenoxy) is 3. The summed E-state index contributed by atoms with van der Waals surface area (Å²) in [6.45, 7) is 2.81. The van der Waals surface area contributed by atoms with Crippen LogP contribution >= 0.6 is 0 Å². The van der Waals surface area contributed by atoms with Gasteiger partial charge in [0, 0.05) is 12.6 Å². The summed E-state index contributed by atoms with van der Waals surface area (Å²) in [6.07, 6.45) is 3.44. The number of amides is 1. The lowest BCUT2D eigenvalue weighted by Gasteiger charge is -2.23. The van der Waals surface area contributed by atoms with Crippen LogP contribution in [0.2, 0.25) is 0 Å². The van der Waals surface area contributed by atoms with Crippen LogP contribution in [0.1, 0.15) is 25.3 Å². The molecule has 0 bridgehead atoms. The average molecular weight is 465 g/mol. The summed E-state index contributed by atoms with van der Waals surface area (Å²) in [4.78, 5) is 12.5. The molecule has 0 saturated heterocycles. The van der Waals surface area contributed by atoms with Gasteiger partial charge in [-0.3, -0.25) is 9.10 Å². The summed E-state index contributed by atoms with van der Waals surface area (Å²) < 4.78 is 41.9. The van der Waals surface area contributed by atoms with Crippen molar-refractivity contribution in [2.24, 2.45) is 0 Å². The lowest BCUT2D eigenvalue weighted by molar-refractivity contribution is -0.119. The Morgan fingerprint density at radius 2 is 1.75 bits per heavy atom. The van der Waals surface area contributed by atoms with Crippen molar-refractivity contribution in [3.63, 3.8) is 0 Å². The number of para-hydroxylation sites is 1. The molecule has 0 aliphatic rings. The molecule has 9 heteroatoms. The number of methoxy groups -OCH3 is 2. The van der Waals surface area contributed by atoms with Gasteiger partial charge < -0.3 is 19.5 Å². The third-order valence-corrected chi connectivity index (χ3v) is 5.86. The maximum atomic E-state index is 12.5. The van der Waals surface area contributed by atoms with E-state index in [-0.39, 0.29) is 12.5 Å². The Kier molecular flexibility index (Phi) is 9.64. The Morgan fingerprint density at radius 1 is 1.03 bits per heavy atom. The van der Waals surface area contributed by atoms with Crippen LogP contribution in [0.15, 0.2) is 42.5 Å². The summed E-state index contributed by atoms with van der Waals surface area (Å²) in [5.74, 6) is 1.32. The number of carbonyl (C=O) groups excluding carboxylic acids is 1. The zero-order valence-corrected chi connectivity index (χ0v) is 19.9. The third-order valence-electron chi connectivity index (χ3n) is 4.72. The van der Waals surface area contributed by atoms with Crippen LogP contribution in [0.4, 0.5) is 5.69 Å². The molecule has 1 amide bonds. The van der Waals surface area contributed by atoms with E-state index in [9.17, 15) is 13.2 Å². The quantitative estimate of drug-likeness (QED) is 0.458. The van der Waals surface area contributed by atoms with Crippen LogP contribution in [0.25, 0.3) is 0 Å². The lowest BCUT2D eigenvalue weighted by atomic mass is 10.1. The van der Waals surface area contributed by atoms with Gasteiger partial charge in [0.15, 0.2) is 11.5 Å². The highest BCUT2D eigenvalue weighted by atomic mass is 32.2. The highest BCUT2D eigenvalue weighted by Gasteiger charge is 2.22. The van der Waals surface area contributed by atoms with E-state index in [0.29, 0.717) is 36.8 Å². The molecule has 2 aromatic rings. The number of anilines is 1. The molecule has 176 valence electrons. The zero-order chi connectivity index (χ0) is 23.6. The van der Waals surface area contributed by atoms with Crippen LogP contribution in [0.5, 0.6) is 17.2 Å². The molecule has 1 N–H and O–H groups in total. The van der Waals surface area contributed by atoms with Crippen molar-refractivity contribution >= 4 is 21.6 Å². The first-order valence-corrected chi connectivity index (χ1v) is 12.3. The Labute approximate surface area is 190 Å². The van der Waals surface area contributed by atoms with Gasteiger partial charge in [-0.15, -0.1) is 0 Å². The zero-order valence-electron chi connectivity index (χ0n) is 19.1. The van der Waals surface area contributed by atoms with E-state index in [1.807, 2.05) is 24.3 Å². The van der Waals surface area contributed by atoms with Crippen molar-refractivity contribution in [1.82, 2.24) is 5.32 Å². The smallest absolute Gasteiger partial charge is 0.240 e.